The first-order valence-corrected chi connectivity index (χ1v) is 8.68. The van der Waals surface area contributed by atoms with E-state index in [1.54, 1.807) is 4.90 Å². The first-order valence-electron chi connectivity index (χ1n) is 8.31. The molecule has 6 heteroatoms. The van der Waals surface area contributed by atoms with E-state index >= 15 is 0 Å². The molecule has 0 saturated carbocycles. The Morgan fingerprint density at radius 2 is 2.12 bits per heavy atom. The third kappa shape index (κ3) is 3.12. The van der Waals surface area contributed by atoms with E-state index in [1.807, 2.05) is 24.3 Å². The Morgan fingerprint density at radius 1 is 1.28 bits per heavy atom. The maximum atomic E-state index is 13.2. The maximum absolute atomic E-state index is 13.2. The standard InChI is InChI=1S/C19H17ClFN3O/c20-15-10-13(21)7-8-14(15)19(25)24-9-3-4-12(11-24)18-22-16-5-1-2-6-17(16)23-18/h1-2,5-8,10,12H,3-4,9,11H2,(H,22,23). The summed E-state index contributed by atoms with van der Waals surface area (Å²) in [5.74, 6) is 0.458. The van der Waals surface area contributed by atoms with Crippen LogP contribution >= 0.6 is 11.6 Å². The van der Waals surface area contributed by atoms with Gasteiger partial charge in [0.05, 0.1) is 21.6 Å². The highest BCUT2D eigenvalue weighted by Crippen LogP contribution is 2.28. The van der Waals surface area contributed by atoms with E-state index < -0.39 is 5.82 Å². The van der Waals surface area contributed by atoms with E-state index in [-0.39, 0.29) is 16.8 Å². The number of para-hydroxylation sites is 2. The molecule has 1 unspecified atom stereocenters. The van der Waals surface area contributed by atoms with Crippen LogP contribution in [-0.4, -0.2) is 33.9 Å². The predicted octanol–water partition coefficient (Wildman–Crippen LogP) is 4.38. The molecule has 3 aromatic rings. The van der Waals surface area contributed by atoms with Crippen LogP contribution in [0.25, 0.3) is 11.0 Å². The summed E-state index contributed by atoms with van der Waals surface area (Å²) >= 11 is 6.04. The minimum absolute atomic E-state index is 0.149. The number of imidazole rings is 1. The molecule has 1 aliphatic heterocycles. The van der Waals surface area contributed by atoms with Gasteiger partial charge in [-0.1, -0.05) is 23.7 Å². The summed E-state index contributed by atoms with van der Waals surface area (Å²) in [6.07, 6.45) is 1.87. The lowest BCUT2D eigenvalue weighted by Gasteiger charge is -2.32. The number of piperidine rings is 1. The van der Waals surface area contributed by atoms with Crippen LogP contribution in [0, 0.1) is 5.82 Å². The number of carbonyl (C=O) groups is 1. The number of aromatic amines is 1. The lowest BCUT2D eigenvalue weighted by atomic mass is 9.96. The third-order valence-electron chi connectivity index (χ3n) is 4.66. The number of benzene rings is 2. The van der Waals surface area contributed by atoms with Gasteiger partial charge >= 0.3 is 0 Å². The van der Waals surface area contributed by atoms with Gasteiger partial charge in [-0.15, -0.1) is 0 Å². The number of carbonyl (C=O) groups excluding carboxylic acids is 1. The summed E-state index contributed by atoms with van der Waals surface area (Å²) in [5, 5.41) is 0.149. The summed E-state index contributed by atoms with van der Waals surface area (Å²) in [5.41, 5.74) is 2.28. The van der Waals surface area contributed by atoms with Crippen LogP contribution in [0.2, 0.25) is 5.02 Å². The highest BCUT2D eigenvalue weighted by molar-refractivity contribution is 6.33. The van der Waals surface area contributed by atoms with Crippen molar-refractivity contribution in [1.29, 1.82) is 0 Å². The quantitative estimate of drug-likeness (QED) is 0.740. The molecule has 0 bridgehead atoms. The van der Waals surface area contributed by atoms with Crippen molar-refractivity contribution >= 4 is 28.5 Å². The molecule has 1 aliphatic rings. The molecule has 0 aliphatic carbocycles. The monoisotopic (exact) mass is 357 g/mol. The molecule has 4 rings (SSSR count). The maximum Gasteiger partial charge on any atom is 0.255 e. The van der Waals surface area contributed by atoms with Crippen LogP contribution in [0.3, 0.4) is 0 Å². The van der Waals surface area contributed by atoms with Crippen molar-refractivity contribution in [2.75, 3.05) is 13.1 Å². The van der Waals surface area contributed by atoms with Gasteiger partial charge in [0.25, 0.3) is 5.91 Å². The summed E-state index contributed by atoms with van der Waals surface area (Å²) in [6.45, 7) is 1.25. The van der Waals surface area contributed by atoms with Crippen LogP contribution in [0.15, 0.2) is 42.5 Å². The normalized spacial score (nSPS) is 17.8. The molecular weight excluding hydrogens is 341 g/mol. The van der Waals surface area contributed by atoms with E-state index in [1.165, 1.54) is 18.2 Å². The van der Waals surface area contributed by atoms with E-state index in [0.717, 1.165) is 29.7 Å². The van der Waals surface area contributed by atoms with Crippen LogP contribution in [0.1, 0.15) is 34.9 Å². The van der Waals surface area contributed by atoms with Crippen molar-refractivity contribution in [3.8, 4) is 0 Å². The number of halogens is 2. The van der Waals surface area contributed by atoms with Crippen molar-refractivity contribution in [2.24, 2.45) is 0 Å². The molecule has 1 saturated heterocycles. The molecule has 0 spiro atoms. The lowest BCUT2D eigenvalue weighted by Crippen LogP contribution is -2.39. The number of aromatic nitrogens is 2. The second-order valence-electron chi connectivity index (χ2n) is 6.35. The van der Waals surface area contributed by atoms with Gasteiger partial charge in [-0.3, -0.25) is 4.79 Å². The number of fused-ring (bicyclic) bond motifs is 1. The summed E-state index contributed by atoms with van der Waals surface area (Å²) < 4.78 is 13.2. The zero-order valence-corrected chi connectivity index (χ0v) is 14.3. The highest BCUT2D eigenvalue weighted by Gasteiger charge is 2.28. The SMILES string of the molecule is O=C(c1ccc(F)cc1Cl)N1CCCC(c2nc3ccccc3[nH]2)C1. The Bertz CT molecular complexity index is 906. The van der Waals surface area contributed by atoms with Crippen LogP contribution in [-0.2, 0) is 0 Å². The molecule has 1 amide bonds. The van der Waals surface area contributed by atoms with E-state index in [2.05, 4.69) is 9.97 Å². The number of nitrogens with zero attached hydrogens (tertiary/aromatic N) is 2. The van der Waals surface area contributed by atoms with E-state index in [4.69, 9.17) is 11.6 Å². The molecule has 1 atom stereocenters. The predicted molar refractivity (Wildman–Crippen MR) is 95.4 cm³/mol. The number of hydrogen-bond acceptors (Lipinski definition) is 2. The van der Waals surface area contributed by atoms with E-state index in [0.29, 0.717) is 18.7 Å². The number of amides is 1. The molecule has 1 N–H and O–H groups in total. The Hall–Kier alpha value is -2.40. The topological polar surface area (TPSA) is 49.0 Å². The summed E-state index contributed by atoms with van der Waals surface area (Å²) in [6, 6.07) is 11.8. The molecule has 128 valence electrons. The van der Waals surface area contributed by atoms with Crippen LogP contribution in [0.4, 0.5) is 4.39 Å². The Kier molecular flexibility index (Phi) is 4.17. The summed E-state index contributed by atoms with van der Waals surface area (Å²) in [7, 11) is 0. The summed E-state index contributed by atoms with van der Waals surface area (Å²) in [4.78, 5) is 22.6. The number of rotatable bonds is 2. The smallest absolute Gasteiger partial charge is 0.255 e. The Labute approximate surface area is 149 Å². The highest BCUT2D eigenvalue weighted by atomic mass is 35.5. The number of H-pyrrole nitrogens is 1. The minimum atomic E-state index is -0.444. The van der Waals surface area contributed by atoms with Crippen LogP contribution in [0.5, 0.6) is 0 Å². The molecular formula is C19H17ClFN3O. The largest absolute Gasteiger partial charge is 0.342 e. The van der Waals surface area contributed by atoms with Gasteiger partial charge < -0.3 is 9.88 Å². The second-order valence-corrected chi connectivity index (χ2v) is 6.76. The van der Waals surface area contributed by atoms with Gasteiger partial charge in [-0.05, 0) is 43.2 Å². The van der Waals surface area contributed by atoms with Crippen molar-refractivity contribution < 1.29 is 9.18 Å². The van der Waals surface area contributed by atoms with Gasteiger partial charge in [0.2, 0.25) is 0 Å². The number of hydrogen-bond donors (Lipinski definition) is 1. The van der Waals surface area contributed by atoms with Gasteiger partial charge in [-0.2, -0.15) is 0 Å². The number of likely N-dealkylation sites (tertiary alicyclic amines) is 1. The molecule has 4 nitrogen and oxygen atoms in total. The first-order chi connectivity index (χ1) is 12.1. The van der Waals surface area contributed by atoms with Crippen molar-refractivity contribution in [2.45, 2.75) is 18.8 Å². The Balaban J connectivity index is 1.57. The average molecular weight is 358 g/mol. The molecule has 2 heterocycles. The average Bonchev–Trinajstić information content (AvgIpc) is 3.05. The lowest BCUT2D eigenvalue weighted by molar-refractivity contribution is 0.0705. The number of nitrogens with one attached hydrogen (secondary N) is 1. The molecule has 0 radical (unpaired) electrons. The second kappa shape index (κ2) is 6.48. The molecule has 1 fully saturated rings. The first kappa shape index (κ1) is 16.1. The van der Waals surface area contributed by atoms with Gasteiger partial charge in [-0.25, -0.2) is 9.37 Å². The Morgan fingerprint density at radius 3 is 2.92 bits per heavy atom. The van der Waals surface area contributed by atoms with Gasteiger partial charge in [0.15, 0.2) is 0 Å². The molecule has 25 heavy (non-hydrogen) atoms. The zero-order chi connectivity index (χ0) is 17.4. The van der Waals surface area contributed by atoms with Gasteiger partial charge in [0.1, 0.15) is 11.6 Å². The van der Waals surface area contributed by atoms with Crippen LogP contribution < -0.4 is 0 Å². The third-order valence-corrected chi connectivity index (χ3v) is 4.98. The fourth-order valence-electron chi connectivity index (χ4n) is 3.38. The van der Waals surface area contributed by atoms with Crippen molar-refractivity contribution in [1.82, 2.24) is 14.9 Å². The van der Waals surface area contributed by atoms with Gasteiger partial charge in [0, 0.05) is 19.0 Å². The zero-order valence-electron chi connectivity index (χ0n) is 13.5. The van der Waals surface area contributed by atoms with E-state index in [9.17, 15) is 9.18 Å². The molecule has 1 aromatic heterocycles. The minimum Gasteiger partial charge on any atom is -0.342 e. The van der Waals surface area contributed by atoms with Crippen molar-refractivity contribution in [3.05, 3.63) is 64.7 Å². The van der Waals surface area contributed by atoms with Crippen molar-refractivity contribution in [3.63, 3.8) is 0 Å². The molecule has 2 aromatic carbocycles. The fraction of sp³-hybridized carbons (Fsp3) is 0.263. The fourth-order valence-corrected chi connectivity index (χ4v) is 3.63.